The van der Waals surface area contributed by atoms with Crippen LogP contribution in [0.25, 0.3) is 0 Å². The first kappa shape index (κ1) is 27.5. The zero-order valence-electron chi connectivity index (χ0n) is 20.2. The van der Waals surface area contributed by atoms with Gasteiger partial charge in [-0.15, -0.1) is 11.8 Å². The van der Waals surface area contributed by atoms with Crippen LogP contribution in [0.3, 0.4) is 0 Å². The van der Waals surface area contributed by atoms with E-state index in [1.165, 1.54) is 28.4 Å². The number of likely N-dealkylation sites (N-methyl/N-ethyl adjacent to an activating group) is 1. The SMILES string of the molecule is CCO/N=C(\C(=O)NC1C(=O)N2C(C(=O)O)=C(CSC3=NC(N)=C(N)C(N)N3C)CS[C@@H]12)c1nsc(N)n1. The first-order valence-electron chi connectivity index (χ1n) is 11.0. The van der Waals surface area contributed by atoms with Gasteiger partial charge >= 0.3 is 5.97 Å². The number of carbonyl (C=O) groups is 3. The molecule has 1 aromatic rings. The van der Waals surface area contributed by atoms with Gasteiger partial charge in [-0.1, -0.05) is 16.9 Å². The molecule has 10 N–H and O–H groups in total. The second-order valence-electron chi connectivity index (χ2n) is 8.01. The highest BCUT2D eigenvalue weighted by Crippen LogP contribution is 2.41. The highest BCUT2D eigenvalue weighted by atomic mass is 32.2. The van der Waals surface area contributed by atoms with Crippen LogP contribution in [-0.4, -0.2) is 95.7 Å². The first-order chi connectivity index (χ1) is 18.0. The van der Waals surface area contributed by atoms with E-state index in [-0.39, 0.29) is 46.2 Å². The van der Waals surface area contributed by atoms with Crippen molar-refractivity contribution < 1.29 is 24.3 Å². The van der Waals surface area contributed by atoms with Gasteiger partial charge in [0.05, 0.1) is 5.70 Å². The molecule has 1 fully saturated rings. The summed E-state index contributed by atoms with van der Waals surface area (Å²) < 4.78 is 3.97. The van der Waals surface area contributed by atoms with Crippen molar-refractivity contribution in [3.8, 4) is 0 Å². The molecule has 0 bridgehead atoms. The Morgan fingerprint density at radius 2 is 2.08 bits per heavy atom. The summed E-state index contributed by atoms with van der Waals surface area (Å²) in [6, 6.07) is -0.987. The van der Waals surface area contributed by atoms with Crippen LogP contribution in [0.2, 0.25) is 0 Å². The molecule has 0 saturated carbocycles. The zero-order chi connectivity index (χ0) is 27.7. The van der Waals surface area contributed by atoms with Crippen LogP contribution in [0.15, 0.2) is 32.9 Å². The van der Waals surface area contributed by atoms with Gasteiger partial charge in [-0.05, 0) is 12.5 Å². The number of aliphatic carboxylic acids is 1. The highest BCUT2D eigenvalue weighted by Gasteiger charge is 2.54. The number of nitrogens with one attached hydrogen (secondary N) is 1. The Hall–Kier alpha value is -3.55. The number of carbonyl (C=O) groups excluding carboxylic acids is 2. The van der Waals surface area contributed by atoms with Crippen molar-refractivity contribution in [3.63, 3.8) is 0 Å². The number of rotatable bonds is 8. The number of amides is 2. The summed E-state index contributed by atoms with van der Waals surface area (Å²) in [5.74, 6) is -2.02. The Kier molecular flexibility index (Phi) is 7.99. The minimum atomic E-state index is -1.26. The van der Waals surface area contributed by atoms with Crippen molar-refractivity contribution in [3.05, 3.63) is 28.6 Å². The van der Waals surface area contributed by atoms with Gasteiger partial charge in [-0.3, -0.25) is 14.5 Å². The monoisotopic (exact) mass is 583 g/mol. The van der Waals surface area contributed by atoms with E-state index in [0.29, 0.717) is 16.5 Å². The maximum Gasteiger partial charge on any atom is 0.352 e. The number of oxime groups is 1. The van der Waals surface area contributed by atoms with Gasteiger partial charge in [-0.2, -0.15) is 9.36 Å². The number of nitrogen functional groups attached to an aromatic ring is 1. The van der Waals surface area contributed by atoms with Gasteiger partial charge in [0.1, 0.15) is 35.7 Å². The molecule has 2 unspecified atom stereocenters. The molecule has 0 spiro atoms. The molecule has 3 aliphatic rings. The zero-order valence-corrected chi connectivity index (χ0v) is 22.6. The number of anilines is 1. The number of carboxylic acid groups (broad SMARTS) is 1. The molecule has 204 valence electrons. The first-order valence-corrected chi connectivity index (χ1v) is 13.8. The largest absolute Gasteiger partial charge is 0.477 e. The minimum Gasteiger partial charge on any atom is -0.477 e. The van der Waals surface area contributed by atoms with Crippen molar-refractivity contribution in [2.45, 2.75) is 24.5 Å². The maximum atomic E-state index is 13.0. The number of thioether (sulfide) groups is 2. The Balaban J connectivity index is 1.49. The fourth-order valence-corrected chi connectivity index (χ4v) is 6.59. The molecule has 1 saturated heterocycles. The Morgan fingerprint density at radius 3 is 2.71 bits per heavy atom. The van der Waals surface area contributed by atoms with Crippen LogP contribution < -0.4 is 28.3 Å². The van der Waals surface area contributed by atoms with E-state index in [1.807, 2.05) is 0 Å². The lowest BCUT2D eigenvalue weighted by molar-refractivity contribution is -0.150. The third-order valence-electron chi connectivity index (χ3n) is 5.61. The predicted molar refractivity (Wildman–Crippen MR) is 143 cm³/mol. The van der Waals surface area contributed by atoms with Crippen molar-refractivity contribution in [1.82, 2.24) is 24.5 Å². The molecular formula is C19H25N11O5S3. The third kappa shape index (κ3) is 5.08. The van der Waals surface area contributed by atoms with Gasteiger partial charge in [0.2, 0.25) is 11.5 Å². The number of nitrogens with two attached hydrogens (primary N) is 4. The molecule has 4 rings (SSSR count). The summed E-state index contributed by atoms with van der Waals surface area (Å²) in [7, 11) is 1.69. The van der Waals surface area contributed by atoms with Crippen molar-refractivity contribution in [2.75, 3.05) is 30.9 Å². The lowest BCUT2D eigenvalue weighted by atomic mass is 10.0. The molecule has 16 nitrogen and oxygen atoms in total. The average molecular weight is 584 g/mol. The number of hydrogen-bond donors (Lipinski definition) is 6. The van der Waals surface area contributed by atoms with Crippen molar-refractivity contribution >= 4 is 68.9 Å². The summed E-state index contributed by atoms with van der Waals surface area (Å²) in [5, 5.41) is 16.2. The van der Waals surface area contributed by atoms with Crippen LogP contribution >= 0.6 is 35.1 Å². The Morgan fingerprint density at radius 1 is 1.34 bits per heavy atom. The summed E-state index contributed by atoms with van der Waals surface area (Å²) in [6.45, 7) is 1.86. The minimum absolute atomic E-state index is 0.0450. The fourth-order valence-electron chi connectivity index (χ4n) is 3.66. The quantitative estimate of drug-likeness (QED) is 0.110. The van der Waals surface area contributed by atoms with E-state index >= 15 is 0 Å². The van der Waals surface area contributed by atoms with Crippen LogP contribution in [0, 0.1) is 0 Å². The normalized spacial score (nSPS) is 23.7. The number of amidine groups is 1. The average Bonchev–Trinajstić information content (AvgIpc) is 3.32. The third-order valence-corrected chi connectivity index (χ3v) is 8.63. The number of hydrogen-bond acceptors (Lipinski definition) is 16. The van der Waals surface area contributed by atoms with Crippen LogP contribution in [0.4, 0.5) is 5.13 Å². The van der Waals surface area contributed by atoms with Crippen molar-refractivity contribution in [2.24, 2.45) is 27.3 Å². The summed E-state index contributed by atoms with van der Waals surface area (Å²) in [6.07, 6.45) is -0.665. The second kappa shape index (κ2) is 11.1. The fraction of sp³-hybridized carbons (Fsp3) is 0.421. The van der Waals surface area contributed by atoms with Gasteiger partial charge in [0.15, 0.2) is 10.3 Å². The molecule has 3 aliphatic heterocycles. The van der Waals surface area contributed by atoms with E-state index in [9.17, 15) is 19.5 Å². The highest BCUT2D eigenvalue weighted by molar-refractivity contribution is 8.14. The van der Waals surface area contributed by atoms with Crippen LogP contribution in [0.5, 0.6) is 0 Å². The molecule has 38 heavy (non-hydrogen) atoms. The standard InChI is InChI=1S/C19H25N11O5S3/c1-3-35-27-8(13-26-18(23)38-28-13)14(31)24-9-15(32)30-10(17(33)34)6(4-36-16(9)30)5-37-19-25-11(21)7(20)12(22)29(19)2/h9,12,16H,3-5,20-22H2,1-2H3,(H,24,31)(H,33,34)(H2,23,26,28)/b27-8-/t9?,12?,16-/m0/s1. The molecule has 19 heteroatoms. The van der Waals surface area contributed by atoms with Crippen LogP contribution in [0.1, 0.15) is 12.7 Å². The van der Waals surface area contributed by atoms with Gasteiger partial charge in [0, 0.05) is 30.1 Å². The number of fused-ring (bicyclic) bond motifs is 1. The van der Waals surface area contributed by atoms with Gasteiger partial charge < -0.3 is 43.1 Å². The van der Waals surface area contributed by atoms with E-state index in [1.54, 1.807) is 18.9 Å². The van der Waals surface area contributed by atoms with Gasteiger partial charge in [0.25, 0.3) is 11.8 Å². The lowest BCUT2D eigenvalue weighted by Crippen LogP contribution is -2.71. The van der Waals surface area contributed by atoms with E-state index < -0.39 is 35.4 Å². The smallest absolute Gasteiger partial charge is 0.352 e. The lowest BCUT2D eigenvalue weighted by Gasteiger charge is -2.49. The molecule has 3 atom stereocenters. The molecule has 0 aliphatic carbocycles. The topological polar surface area (TPSA) is 254 Å². The van der Waals surface area contributed by atoms with E-state index in [0.717, 1.165) is 11.5 Å². The summed E-state index contributed by atoms with van der Waals surface area (Å²) in [5.41, 5.74) is 23.7. The molecule has 1 aromatic heterocycles. The van der Waals surface area contributed by atoms with Gasteiger partial charge in [-0.25, -0.2) is 9.79 Å². The molecule has 0 aromatic carbocycles. The number of nitrogens with zero attached hydrogens (tertiary/aromatic N) is 6. The van der Waals surface area contributed by atoms with Crippen molar-refractivity contribution in [1.29, 1.82) is 0 Å². The molecular weight excluding hydrogens is 558 g/mol. The summed E-state index contributed by atoms with van der Waals surface area (Å²) in [4.78, 5) is 54.1. The van der Waals surface area contributed by atoms with E-state index in [4.69, 9.17) is 27.8 Å². The number of aliphatic imine (C=N–C) groups is 1. The summed E-state index contributed by atoms with van der Waals surface area (Å²) >= 11 is 3.42. The Labute approximate surface area is 228 Å². The molecule has 2 amide bonds. The number of aromatic nitrogens is 2. The predicted octanol–water partition coefficient (Wildman–Crippen LogP) is -1.99. The molecule has 0 radical (unpaired) electrons. The maximum absolute atomic E-state index is 13.0. The molecule has 4 heterocycles. The Bertz CT molecular complexity index is 1290. The van der Waals surface area contributed by atoms with E-state index in [2.05, 4.69) is 24.8 Å². The number of β-lactam (4-membered cyclic amide) rings is 1. The van der Waals surface area contributed by atoms with Crippen LogP contribution in [-0.2, 0) is 19.2 Å². The second-order valence-corrected chi connectivity index (χ2v) is 10.8. The number of carboxylic acids is 1.